The number of nitrogen functional groups attached to an aromatic ring is 1. The molecular weight excluding hydrogens is 274 g/mol. The van der Waals surface area contributed by atoms with Crippen molar-refractivity contribution in [1.29, 1.82) is 0 Å². The number of H-pyrrole nitrogens is 1. The van der Waals surface area contributed by atoms with Crippen molar-refractivity contribution in [2.24, 2.45) is 0 Å². The third-order valence-electron chi connectivity index (χ3n) is 3.46. The summed E-state index contributed by atoms with van der Waals surface area (Å²) in [6.07, 6.45) is 0. The Hall–Kier alpha value is -2.69. The predicted molar refractivity (Wildman–Crippen MR) is 77.2 cm³/mol. The summed E-state index contributed by atoms with van der Waals surface area (Å²) in [5.74, 6) is -2.59. The quantitative estimate of drug-likeness (QED) is 0.559. The highest BCUT2D eigenvalue weighted by Gasteiger charge is 2.21. The molecule has 0 amide bonds. The smallest absolute Gasteiger partial charge is 0.197 e. The lowest BCUT2D eigenvalue weighted by atomic mass is 9.99. The molecule has 0 fully saturated rings. The molecule has 1 aromatic heterocycles. The molecule has 0 aliphatic heterocycles. The van der Waals surface area contributed by atoms with Gasteiger partial charge in [0, 0.05) is 33.9 Å². The number of aryl methyl sites for hydroxylation is 1. The van der Waals surface area contributed by atoms with Gasteiger partial charge in [-0.2, -0.15) is 0 Å². The van der Waals surface area contributed by atoms with Crippen LogP contribution >= 0.6 is 0 Å². The first-order valence-corrected chi connectivity index (χ1v) is 6.35. The fourth-order valence-corrected chi connectivity index (χ4v) is 2.46. The Bertz CT molecular complexity index is 868. The number of aromatic nitrogens is 1. The largest absolute Gasteiger partial charge is 0.398 e. The average Bonchev–Trinajstić information content (AvgIpc) is 2.78. The number of carbonyl (C=O) groups excluding carboxylic acids is 1. The predicted octanol–water partition coefficient (Wildman–Crippen LogP) is 3.57. The van der Waals surface area contributed by atoms with Gasteiger partial charge >= 0.3 is 0 Å². The van der Waals surface area contributed by atoms with E-state index in [1.54, 1.807) is 19.1 Å². The number of hydrogen-bond acceptors (Lipinski definition) is 2. The standard InChI is InChI=1S/C16H12F2N2O/c1-8-15(9-4-2-3-5-14(9)20-8)16(21)10-6-11(17)12(18)7-13(10)19/h2-7,20H,19H2,1H3. The van der Waals surface area contributed by atoms with Gasteiger partial charge in [0.05, 0.1) is 5.56 Å². The van der Waals surface area contributed by atoms with Crippen LogP contribution in [0, 0.1) is 18.6 Å². The molecule has 3 nitrogen and oxygen atoms in total. The summed E-state index contributed by atoms with van der Waals surface area (Å²) >= 11 is 0. The number of rotatable bonds is 2. The van der Waals surface area contributed by atoms with Crippen LogP contribution in [0.25, 0.3) is 10.9 Å². The van der Waals surface area contributed by atoms with Crippen molar-refractivity contribution in [3.05, 3.63) is 64.9 Å². The SMILES string of the molecule is Cc1[nH]c2ccccc2c1C(=O)c1cc(F)c(F)cc1N. The van der Waals surface area contributed by atoms with E-state index in [0.29, 0.717) is 11.3 Å². The number of nitrogens with one attached hydrogen (secondary N) is 1. The number of carbonyl (C=O) groups is 1. The monoisotopic (exact) mass is 286 g/mol. The third-order valence-corrected chi connectivity index (χ3v) is 3.46. The Balaban J connectivity index is 2.22. The third kappa shape index (κ3) is 2.07. The van der Waals surface area contributed by atoms with E-state index in [-0.39, 0.29) is 11.3 Å². The zero-order chi connectivity index (χ0) is 15.1. The lowest BCUT2D eigenvalue weighted by molar-refractivity contribution is 0.104. The van der Waals surface area contributed by atoms with E-state index in [0.717, 1.165) is 23.0 Å². The summed E-state index contributed by atoms with van der Waals surface area (Å²) < 4.78 is 26.5. The number of para-hydroxylation sites is 1. The van der Waals surface area contributed by atoms with E-state index >= 15 is 0 Å². The Labute approximate surface area is 119 Å². The fraction of sp³-hybridized carbons (Fsp3) is 0.0625. The minimum atomic E-state index is -1.09. The van der Waals surface area contributed by atoms with Gasteiger partial charge in [-0.1, -0.05) is 18.2 Å². The topological polar surface area (TPSA) is 58.9 Å². The van der Waals surface area contributed by atoms with Gasteiger partial charge in [-0.3, -0.25) is 4.79 Å². The number of aromatic amines is 1. The molecule has 3 N–H and O–H groups in total. The maximum Gasteiger partial charge on any atom is 0.197 e. The molecule has 0 spiro atoms. The Morgan fingerprint density at radius 2 is 1.81 bits per heavy atom. The number of ketones is 1. The second kappa shape index (κ2) is 4.70. The van der Waals surface area contributed by atoms with Crippen LogP contribution in [0.3, 0.4) is 0 Å². The lowest BCUT2D eigenvalue weighted by Crippen LogP contribution is -2.08. The number of halogens is 2. The molecule has 0 saturated heterocycles. The number of nitrogens with two attached hydrogens (primary N) is 1. The van der Waals surface area contributed by atoms with E-state index in [1.165, 1.54) is 0 Å². The first-order valence-electron chi connectivity index (χ1n) is 6.35. The zero-order valence-electron chi connectivity index (χ0n) is 11.2. The maximum atomic E-state index is 13.4. The highest BCUT2D eigenvalue weighted by molar-refractivity contribution is 6.19. The zero-order valence-corrected chi connectivity index (χ0v) is 11.2. The van der Waals surface area contributed by atoms with Gasteiger partial charge < -0.3 is 10.7 Å². The summed E-state index contributed by atoms with van der Waals surface area (Å²) in [4.78, 5) is 15.7. The van der Waals surface area contributed by atoms with E-state index < -0.39 is 17.4 Å². The van der Waals surface area contributed by atoms with Crippen LogP contribution in [0.4, 0.5) is 14.5 Å². The number of anilines is 1. The minimum absolute atomic E-state index is 0.0400. The van der Waals surface area contributed by atoms with Crippen molar-refractivity contribution in [3.8, 4) is 0 Å². The first-order chi connectivity index (χ1) is 9.99. The molecule has 0 radical (unpaired) electrons. The van der Waals surface area contributed by atoms with Crippen LogP contribution in [0.2, 0.25) is 0 Å². The van der Waals surface area contributed by atoms with Gasteiger partial charge in [0.2, 0.25) is 0 Å². The van der Waals surface area contributed by atoms with Gasteiger partial charge in [0.1, 0.15) is 0 Å². The molecule has 21 heavy (non-hydrogen) atoms. The molecule has 106 valence electrons. The number of hydrogen-bond donors (Lipinski definition) is 2. The molecular formula is C16H12F2N2O. The van der Waals surface area contributed by atoms with Crippen LogP contribution in [0.1, 0.15) is 21.6 Å². The summed E-state index contributed by atoms with van der Waals surface area (Å²) in [5, 5.41) is 0.726. The summed E-state index contributed by atoms with van der Waals surface area (Å²) in [6.45, 7) is 1.75. The maximum absolute atomic E-state index is 13.4. The van der Waals surface area contributed by atoms with Crippen LogP contribution < -0.4 is 5.73 Å². The van der Waals surface area contributed by atoms with Crippen LogP contribution in [-0.4, -0.2) is 10.8 Å². The van der Waals surface area contributed by atoms with Gasteiger partial charge in [0.25, 0.3) is 0 Å². The van der Waals surface area contributed by atoms with Crippen LogP contribution in [0.5, 0.6) is 0 Å². The molecule has 0 bridgehead atoms. The molecule has 0 atom stereocenters. The van der Waals surface area contributed by atoms with Crippen molar-refractivity contribution < 1.29 is 13.6 Å². The molecule has 2 aromatic carbocycles. The summed E-state index contributed by atoms with van der Waals surface area (Å²) in [5.41, 5.74) is 7.42. The van der Waals surface area contributed by atoms with Gasteiger partial charge in [-0.05, 0) is 19.1 Å². The molecule has 3 aromatic rings. The van der Waals surface area contributed by atoms with E-state index in [2.05, 4.69) is 4.98 Å². The van der Waals surface area contributed by atoms with Crippen molar-refractivity contribution in [3.63, 3.8) is 0 Å². The highest BCUT2D eigenvalue weighted by Crippen LogP contribution is 2.27. The fourth-order valence-electron chi connectivity index (χ4n) is 2.46. The van der Waals surface area contributed by atoms with Crippen molar-refractivity contribution in [1.82, 2.24) is 4.98 Å². The number of benzene rings is 2. The minimum Gasteiger partial charge on any atom is -0.398 e. The Morgan fingerprint density at radius 3 is 2.57 bits per heavy atom. The van der Waals surface area contributed by atoms with Crippen LogP contribution in [0.15, 0.2) is 36.4 Å². The van der Waals surface area contributed by atoms with E-state index in [9.17, 15) is 13.6 Å². The normalized spacial score (nSPS) is 11.0. The van der Waals surface area contributed by atoms with Gasteiger partial charge in [0.15, 0.2) is 17.4 Å². The molecule has 0 aliphatic carbocycles. The Morgan fingerprint density at radius 1 is 1.14 bits per heavy atom. The average molecular weight is 286 g/mol. The van der Waals surface area contributed by atoms with Crippen molar-refractivity contribution >= 4 is 22.4 Å². The van der Waals surface area contributed by atoms with E-state index in [1.807, 2.05) is 12.1 Å². The second-order valence-corrected chi connectivity index (χ2v) is 4.85. The Kier molecular flexibility index (Phi) is 2.97. The first kappa shape index (κ1) is 13.3. The van der Waals surface area contributed by atoms with Crippen molar-refractivity contribution in [2.45, 2.75) is 6.92 Å². The van der Waals surface area contributed by atoms with Crippen LogP contribution in [-0.2, 0) is 0 Å². The van der Waals surface area contributed by atoms with Gasteiger partial charge in [-0.15, -0.1) is 0 Å². The lowest BCUT2D eigenvalue weighted by Gasteiger charge is -2.06. The van der Waals surface area contributed by atoms with Crippen molar-refractivity contribution in [2.75, 3.05) is 5.73 Å². The second-order valence-electron chi connectivity index (χ2n) is 4.85. The molecule has 1 heterocycles. The highest BCUT2D eigenvalue weighted by atomic mass is 19.2. The molecule has 0 saturated carbocycles. The molecule has 5 heteroatoms. The van der Waals surface area contributed by atoms with E-state index in [4.69, 9.17) is 5.73 Å². The summed E-state index contributed by atoms with van der Waals surface area (Å²) in [7, 11) is 0. The molecule has 3 rings (SSSR count). The summed E-state index contributed by atoms with van der Waals surface area (Å²) in [6, 6.07) is 8.95. The molecule has 0 unspecified atom stereocenters. The number of fused-ring (bicyclic) bond motifs is 1. The van der Waals surface area contributed by atoms with Gasteiger partial charge in [-0.25, -0.2) is 8.78 Å². The molecule has 0 aliphatic rings.